The molecule has 0 fully saturated rings. The summed E-state index contributed by atoms with van der Waals surface area (Å²) in [5.41, 5.74) is 0.465. The highest BCUT2D eigenvalue weighted by atomic mass is 79.9. The average molecular weight is 241 g/mol. The van der Waals surface area contributed by atoms with Crippen molar-refractivity contribution < 1.29 is 8.81 Å². The molecule has 0 atom stereocenters. The van der Waals surface area contributed by atoms with Crippen molar-refractivity contribution in [2.45, 2.75) is 0 Å². The molecule has 0 aliphatic rings. The highest BCUT2D eigenvalue weighted by molar-refractivity contribution is 9.10. The van der Waals surface area contributed by atoms with Crippen LogP contribution in [0.4, 0.5) is 4.39 Å². The van der Waals surface area contributed by atoms with Crippen molar-refractivity contribution in [3.63, 3.8) is 0 Å². The smallest absolute Gasteiger partial charge is 0.137 e. The lowest BCUT2D eigenvalue weighted by atomic mass is 10.1. The van der Waals surface area contributed by atoms with Crippen LogP contribution >= 0.6 is 15.9 Å². The minimum atomic E-state index is -0.288. The lowest BCUT2D eigenvalue weighted by Gasteiger charge is -2.01. The van der Waals surface area contributed by atoms with Crippen LogP contribution in [0.2, 0.25) is 0 Å². The first-order chi connectivity index (χ1) is 6.29. The summed E-state index contributed by atoms with van der Waals surface area (Å²) in [6.07, 6.45) is 1.52. The molecule has 2 aromatic rings. The number of furan rings is 1. The van der Waals surface area contributed by atoms with E-state index in [0.717, 1.165) is 0 Å². The van der Waals surface area contributed by atoms with Gasteiger partial charge >= 0.3 is 0 Å². The maximum atomic E-state index is 13.3. The van der Waals surface area contributed by atoms with E-state index in [0.29, 0.717) is 15.8 Å². The summed E-state index contributed by atoms with van der Waals surface area (Å²) in [4.78, 5) is 0. The number of rotatable bonds is 1. The molecule has 0 N–H and O–H groups in total. The molecule has 0 bridgehead atoms. The van der Waals surface area contributed by atoms with Crippen molar-refractivity contribution in [3.8, 4) is 11.3 Å². The number of halogens is 2. The fraction of sp³-hybridized carbons (Fsp3) is 0. The molecule has 0 saturated carbocycles. The minimum absolute atomic E-state index is 0.288. The van der Waals surface area contributed by atoms with E-state index in [9.17, 15) is 4.39 Å². The fourth-order valence-electron chi connectivity index (χ4n) is 1.15. The first-order valence-electron chi connectivity index (χ1n) is 3.77. The van der Waals surface area contributed by atoms with E-state index in [2.05, 4.69) is 15.9 Å². The fourth-order valence-corrected chi connectivity index (χ4v) is 1.69. The Labute approximate surface area is 83.3 Å². The molecule has 13 heavy (non-hydrogen) atoms. The van der Waals surface area contributed by atoms with Crippen LogP contribution in [0.25, 0.3) is 11.3 Å². The average Bonchev–Trinajstić information content (AvgIpc) is 2.57. The molecule has 3 heteroatoms. The molecule has 0 aliphatic carbocycles. The van der Waals surface area contributed by atoms with Gasteiger partial charge in [-0.2, -0.15) is 0 Å². The van der Waals surface area contributed by atoms with Gasteiger partial charge in [0.15, 0.2) is 0 Å². The Hall–Kier alpha value is -1.09. The molecule has 1 heterocycles. The zero-order valence-corrected chi connectivity index (χ0v) is 8.21. The van der Waals surface area contributed by atoms with E-state index >= 15 is 0 Å². The van der Waals surface area contributed by atoms with Gasteiger partial charge in [0, 0.05) is 4.47 Å². The summed E-state index contributed by atoms with van der Waals surface area (Å²) < 4.78 is 19.1. The predicted molar refractivity (Wildman–Crippen MR) is 51.8 cm³/mol. The van der Waals surface area contributed by atoms with E-state index in [-0.39, 0.29) is 5.82 Å². The topological polar surface area (TPSA) is 13.1 Å². The molecular weight excluding hydrogens is 235 g/mol. The maximum Gasteiger partial charge on any atom is 0.137 e. The van der Waals surface area contributed by atoms with Gasteiger partial charge in [-0.1, -0.05) is 6.07 Å². The SMILES string of the molecule is Fc1cccc(Br)c1-c1ccco1. The molecule has 66 valence electrons. The van der Waals surface area contributed by atoms with E-state index in [1.54, 1.807) is 24.3 Å². The van der Waals surface area contributed by atoms with Gasteiger partial charge in [-0.05, 0) is 40.2 Å². The quantitative estimate of drug-likeness (QED) is 0.739. The predicted octanol–water partition coefficient (Wildman–Crippen LogP) is 3.85. The molecule has 1 aromatic carbocycles. The van der Waals surface area contributed by atoms with E-state index in [1.165, 1.54) is 12.3 Å². The summed E-state index contributed by atoms with van der Waals surface area (Å²) in [6.45, 7) is 0. The van der Waals surface area contributed by atoms with Gasteiger partial charge in [-0.3, -0.25) is 0 Å². The molecule has 0 unspecified atom stereocenters. The third kappa shape index (κ3) is 1.52. The van der Waals surface area contributed by atoms with Gasteiger partial charge in [-0.15, -0.1) is 0 Å². The highest BCUT2D eigenvalue weighted by Gasteiger charge is 2.10. The lowest BCUT2D eigenvalue weighted by Crippen LogP contribution is -1.82. The largest absolute Gasteiger partial charge is 0.464 e. The van der Waals surface area contributed by atoms with Crippen LogP contribution in [-0.4, -0.2) is 0 Å². The molecule has 1 aromatic heterocycles. The first kappa shape index (κ1) is 8.51. The summed E-state index contributed by atoms with van der Waals surface area (Å²) in [5.74, 6) is 0.245. The highest BCUT2D eigenvalue weighted by Crippen LogP contribution is 2.30. The number of hydrogen-bond acceptors (Lipinski definition) is 1. The standard InChI is InChI=1S/C10H6BrFO/c11-7-3-1-4-8(12)10(7)9-5-2-6-13-9/h1-6H. The molecule has 0 amide bonds. The Balaban J connectivity index is 2.64. The van der Waals surface area contributed by atoms with E-state index < -0.39 is 0 Å². The van der Waals surface area contributed by atoms with Gasteiger partial charge in [0.2, 0.25) is 0 Å². The van der Waals surface area contributed by atoms with Crippen LogP contribution in [-0.2, 0) is 0 Å². The summed E-state index contributed by atoms with van der Waals surface area (Å²) >= 11 is 3.27. The molecule has 0 radical (unpaired) electrons. The Morgan fingerprint density at radius 2 is 2.00 bits per heavy atom. The number of hydrogen-bond donors (Lipinski definition) is 0. The molecule has 0 aliphatic heterocycles. The van der Waals surface area contributed by atoms with Crippen molar-refractivity contribution in [3.05, 3.63) is 46.9 Å². The normalized spacial score (nSPS) is 10.3. The Bertz CT molecular complexity index is 389. The van der Waals surface area contributed by atoms with Crippen LogP contribution in [0, 0.1) is 5.82 Å². The monoisotopic (exact) mass is 240 g/mol. The Morgan fingerprint density at radius 3 is 2.62 bits per heavy atom. The van der Waals surface area contributed by atoms with Crippen molar-refractivity contribution in [2.24, 2.45) is 0 Å². The summed E-state index contributed by atoms with van der Waals surface area (Å²) in [6, 6.07) is 8.28. The van der Waals surface area contributed by atoms with E-state index in [4.69, 9.17) is 4.42 Å². The number of benzene rings is 1. The van der Waals surface area contributed by atoms with Gasteiger partial charge in [0.05, 0.1) is 11.8 Å². The van der Waals surface area contributed by atoms with Gasteiger partial charge in [-0.25, -0.2) is 4.39 Å². The van der Waals surface area contributed by atoms with Crippen LogP contribution in [0.3, 0.4) is 0 Å². The van der Waals surface area contributed by atoms with Crippen LogP contribution in [0.15, 0.2) is 45.5 Å². The minimum Gasteiger partial charge on any atom is -0.464 e. The maximum absolute atomic E-state index is 13.3. The zero-order valence-electron chi connectivity index (χ0n) is 6.63. The third-order valence-electron chi connectivity index (χ3n) is 1.73. The molecule has 0 spiro atoms. The second-order valence-corrected chi connectivity index (χ2v) is 3.43. The summed E-state index contributed by atoms with van der Waals surface area (Å²) in [7, 11) is 0. The lowest BCUT2D eigenvalue weighted by molar-refractivity contribution is 0.569. The van der Waals surface area contributed by atoms with Crippen LogP contribution in [0.5, 0.6) is 0 Å². The van der Waals surface area contributed by atoms with E-state index in [1.807, 2.05) is 0 Å². The Morgan fingerprint density at radius 1 is 1.15 bits per heavy atom. The second kappa shape index (κ2) is 3.34. The van der Waals surface area contributed by atoms with Crippen LogP contribution < -0.4 is 0 Å². The van der Waals surface area contributed by atoms with Crippen molar-refractivity contribution in [1.29, 1.82) is 0 Å². The first-order valence-corrected chi connectivity index (χ1v) is 4.56. The van der Waals surface area contributed by atoms with Crippen molar-refractivity contribution >= 4 is 15.9 Å². The van der Waals surface area contributed by atoms with Gasteiger partial charge in [0.1, 0.15) is 11.6 Å². The van der Waals surface area contributed by atoms with Gasteiger partial charge in [0.25, 0.3) is 0 Å². The molecule has 0 saturated heterocycles. The zero-order chi connectivity index (χ0) is 9.26. The van der Waals surface area contributed by atoms with Crippen molar-refractivity contribution in [2.75, 3.05) is 0 Å². The molecule has 1 nitrogen and oxygen atoms in total. The van der Waals surface area contributed by atoms with Crippen LogP contribution in [0.1, 0.15) is 0 Å². The second-order valence-electron chi connectivity index (χ2n) is 2.57. The third-order valence-corrected chi connectivity index (χ3v) is 2.39. The molecular formula is C10H6BrFO. The molecule has 2 rings (SSSR count). The summed E-state index contributed by atoms with van der Waals surface area (Å²) in [5, 5.41) is 0. The van der Waals surface area contributed by atoms with Crippen molar-refractivity contribution in [1.82, 2.24) is 0 Å². The Kier molecular flexibility index (Phi) is 2.19. The van der Waals surface area contributed by atoms with Gasteiger partial charge < -0.3 is 4.42 Å².